The molecule has 1 aromatic heterocycles. The lowest BCUT2D eigenvalue weighted by molar-refractivity contribution is -0.136. The number of fused-ring (bicyclic) bond motifs is 1. The minimum atomic E-state index is -4.62. The number of aromatic nitrogens is 1. The Morgan fingerprint density at radius 2 is 1.96 bits per heavy atom. The number of guanidine groups is 1. The Labute approximate surface area is 157 Å². The molecule has 3 rings (SSSR count). The molecule has 0 unspecified atom stereocenters. The SMILES string of the molecule is CNC(N)=NC(=O)c1cc2c(C(F)(F)F)ccc(Oc3cccc(N)c3)c2[nH]1. The van der Waals surface area contributed by atoms with Crippen LogP contribution in [-0.2, 0) is 6.18 Å². The lowest BCUT2D eigenvalue weighted by Gasteiger charge is -2.12. The molecule has 0 spiro atoms. The van der Waals surface area contributed by atoms with E-state index in [1.165, 1.54) is 19.2 Å². The van der Waals surface area contributed by atoms with Crippen LogP contribution in [0.3, 0.4) is 0 Å². The van der Waals surface area contributed by atoms with Gasteiger partial charge in [-0.3, -0.25) is 4.79 Å². The number of nitrogen functional groups attached to an aromatic ring is 1. The molecule has 6 N–H and O–H groups in total. The quantitative estimate of drug-likeness (QED) is 0.311. The van der Waals surface area contributed by atoms with Crippen molar-refractivity contribution in [3.63, 3.8) is 0 Å². The van der Waals surface area contributed by atoms with Crippen molar-refractivity contribution < 1.29 is 22.7 Å². The number of hydrogen-bond donors (Lipinski definition) is 4. The number of aromatic amines is 1. The van der Waals surface area contributed by atoms with Crippen LogP contribution in [-0.4, -0.2) is 23.9 Å². The number of nitrogens with two attached hydrogens (primary N) is 2. The number of aliphatic imine (C=N–C) groups is 1. The third kappa shape index (κ3) is 3.85. The molecule has 0 radical (unpaired) electrons. The minimum Gasteiger partial charge on any atom is -0.455 e. The van der Waals surface area contributed by atoms with Gasteiger partial charge < -0.3 is 26.5 Å². The number of anilines is 1. The minimum absolute atomic E-state index is 0.00108. The Bertz CT molecular complexity index is 1070. The Morgan fingerprint density at radius 3 is 2.61 bits per heavy atom. The van der Waals surface area contributed by atoms with Gasteiger partial charge in [-0.05, 0) is 30.3 Å². The molecule has 2 aromatic carbocycles. The first-order valence-electron chi connectivity index (χ1n) is 8.01. The van der Waals surface area contributed by atoms with E-state index < -0.39 is 17.6 Å². The van der Waals surface area contributed by atoms with Crippen molar-refractivity contribution in [1.82, 2.24) is 10.3 Å². The third-order valence-corrected chi connectivity index (χ3v) is 3.86. The molecule has 10 heteroatoms. The van der Waals surface area contributed by atoms with Crippen LogP contribution < -0.4 is 21.5 Å². The molecule has 1 heterocycles. The third-order valence-electron chi connectivity index (χ3n) is 3.86. The maximum absolute atomic E-state index is 13.4. The van der Waals surface area contributed by atoms with Crippen molar-refractivity contribution in [3.8, 4) is 11.5 Å². The van der Waals surface area contributed by atoms with E-state index in [2.05, 4.69) is 15.3 Å². The van der Waals surface area contributed by atoms with Crippen molar-refractivity contribution in [2.45, 2.75) is 6.18 Å². The van der Waals surface area contributed by atoms with E-state index in [0.29, 0.717) is 11.4 Å². The number of rotatable bonds is 3. The van der Waals surface area contributed by atoms with Gasteiger partial charge in [0, 0.05) is 24.2 Å². The van der Waals surface area contributed by atoms with Crippen molar-refractivity contribution >= 4 is 28.5 Å². The molecule has 28 heavy (non-hydrogen) atoms. The van der Waals surface area contributed by atoms with Crippen LogP contribution in [0.4, 0.5) is 18.9 Å². The molecule has 1 amide bonds. The second kappa shape index (κ2) is 7.14. The number of halogens is 3. The van der Waals surface area contributed by atoms with Gasteiger partial charge in [-0.2, -0.15) is 18.2 Å². The summed E-state index contributed by atoms with van der Waals surface area (Å²) in [6.07, 6.45) is -4.62. The summed E-state index contributed by atoms with van der Waals surface area (Å²) in [4.78, 5) is 18.4. The lowest BCUT2D eigenvalue weighted by Crippen LogP contribution is -2.28. The Balaban J connectivity index is 2.14. The summed E-state index contributed by atoms with van der Waals surface area (Å²) < 4.78 is 45.8. The average Bonchev–Trinajstić information content (AvgIpc) is 3.06. The van der Waals surface area contributed by atoms with E-state index in [1.54, 1.807) is 18.2 Å². The van der Waals surface area contributed by atoms with E-state index >= 15 is 0 Å². The summed E-state index contributed by atoms with van der Waals surface area (Å²) in [5.41, 5.74) is 10.5. The molecular formula is C18H16F3N5O2. The number of nitrogens with one attached hydrogen (secondary N) is 2. The Hall–Kier alpha value is -3.69. The highest BCUT2D eigenvalue weighted by molar-refractivity contribution is 6.05. The Kier molecular flexibility index (Phi) is 4.87. The predicted octanol–water partition coefficient (Wildman–Crippen LogP) is 3.24. The monoisotopic (exact) mass is 391 g/mol. The number of benzene rings is 2. The number of H-pyrrole nitrogens is 1. The van der Waals surface area contributed by atoms with Gasteiger partial charge in [0.15, 0.2) is 11.7 Å². The highest BCUT2D eigenvalue weighted by Crippen LogP contribution is 2.40. The first-order valence-corrected chi connectivity index (χ1v) is 8.01. The zero-order chi connectivity index (χ0) is 20.5. The topological polar surface area (TPSA) is 119 Å². The molecule has 0 saturated heterocycles. The van der Waals surface area contributed by atoms with E-state index in [1.807, 2.05) is 0 Å². The molecule has 0 saturated carbocycles. The summed E-state index contributed by atoms with van der Waals surface area (Å²) in [6.45, 7) is 0. The van der Waals surface area contributed by atoms with Gasteiger partial charge in [0.05, 0.1) is 11.1 Å². The zero-order valence-corrected chi connectivity index (χ0v) is 14.6. The van der Waals surface area contributed by atoms with Gasteiger partial charge in [-0.15, -0.1) is 0 Å². The van der Waals surface area contributed by atoms with Gasteiger partial charge in [0.25, 0.3) is 5.91 Å². The number of carbonyl (C=O) groups is 1. The first kappa shape index (κ1) is 19.1. The van der Waals surface area contributed by atoms with Gasteiger partial charge in [-0.25, -0.2) is 0 Å². The first-order chi connectivity index (χ1) is 13.2. The second-order valence-corrected chi connectivity index (χ2v) is 5.81. The molecule has 0 aliphatic carbocycles. The maximum atomic E-state index is 13.4. The van der Waals surface area contributed by atoms with Crippen LogP contribution in [0.15, 0.2) is 47.5 Å². The predicted molar refractivity (Wildman–Crippen MR) is 99.2 cm³/mol. The fourth-order valence-corrected chi connectivity index (χ4v) is 2.57. The number of ether oxygens (including phenoxy) is 1. The van der Waals surface area contributed by atoms with E-state index in [9.17, 15) is 18.0 Å². The summed E-state index contributed by atoms with van der Waals surface area (Å²) in [6, 6.07) is 9.54. The summed E-state index contributed by atoms with van der Waals surface area (Å²) in [5.74, 6) is -0.568. The van der Waals surface area contributed by atoms with Crippen LogP contribution in [0.5, 0.6) is 11.5 Å². The molecule has 0 atom stereocenters. The summed E-state index contributed by atoms with van der Waals surface area (Å²) >= 11 is 0. The van der Waals surface area contributed by atoms with Crippen LogP contribution in [0.25, 0.3) is 10.9 Å². The molecule has 3 aromatic rings. The number of hydrogen-bond acceptors (Lipinski definition) is 3. The highest BCUT2D eigenvalue weighted by atomic mass is 19.4. The molecular weight excluding hydrogens is 375 g/mol. The number of alkyl halides is 3. The van der Waals surface area contributed by atoms with Gasteiger partial charge in [-0.1, -0.05) is 6.07 Å². The van der Waals surface area contributed by atoms with Crippen molar-refractivity contribution in [2.75, 3.05) is 12.8 Å². The molecule has 0 aliphatic rings. The van der Waals surface area contributed by atoms with E-state index in [0.717, 1.165) is 12.1 Å². The van der Waals surface area contributed by atoms with Crippen LogP contribution in [0, 0.1) is 0 Å². The molecule has 0 fully saturated rings. The van der Waals surface area contributed by atoms with Crippen molar-refractivity contribution in [2.24, 2.45) is 10.7 Å². The van der Waals surface area contributed by atoms with E-state index in [4.69, 9.17) is 16.2 Å². The standard InChI is InChI=1S/C18H16F3N5O2/c1-24-17(23)26-16(27)13-8-11-12(18(19,20)21)5-6-14(15(11)25-13)28-10-4-2-3-9(22)7-10/h2-8,25H,22H2,1H3,(H3,23,24,26,27). The fraction of sp³-hybridized carbons (Fsp3) is 0.111. The molecule has 0 aliphatic heterocycles. The zero-order valence-electron chi connectivity index (χ0n) is 14.6. The van der Waals surface area contributed by atoms with E-state index in [-0.39, 0.29) is 28.3 Å². The molecule has 7 nitrogen and oxygen atoms in total. The largest absolute Gasteiger partial charge is 0.455 e. The Morgan fingerprint density at radius 1 is 1.21 bits per heavy atom. The number of carbonyl (C=O) groups excluding carboxylic acids is 1. The van der Waals surface area contributed by atoms with Gasteiger partial charge in [0.2, 0.25) is 0 Å². The highest BCUT2D eigenvalue weighted by Gasteiger charge is 2.34. The molecule has 146 valence electrons. The van der Waals surface area contributed by atoms with Crippen LogP contribution in [0.2, 0.25) is 0 Å². The smallest absolute Gasteiger partial charge is 0.417 e. The number of nitrogens with zero attached hydrogens (tertiary/aromatic N) is 1. The van der Waals surface area contributed by atoms with Crippen LogP contribution in [0.1, 0.15) is 16.1 Å². The van der Waals surface area contributed by atoms with Gasteiger partial charge in [0.1, 0.15) is 11.4 Å². The summed E-state index contributed by atoms with van der Waals surface area (Å²) in [5, 5.41) is 2.23. The molecule has 0 bridgehead atoms. The summed E-state index contributed by atoms with van der Waals surface area (Å²) in [7, 11) is 1.45. The van der Waals surface area contributed by atoms with Crippen molar-refractivity contribution in [1.29, 1.82) is 0 Å². The van der Waals surface area contributed by atoms with Crippen LogP contribution >= 0.6 is 0 Å². The maximum Gasteiger partial charge on any atom is 0.417 e. The lowest BCUT2D eigenvalue weighted by atomic mass is 10.1. The fourth-order valence-electron chi connectivity index (χ4n) is 2.57. The normalized spacial score (nSPS) is 12.2. The van der Waals surface area contributed by atoms with Crippen molar-refractivity contribution in [3.05, 3.63) is 53.7 Å². The number of amides is 1. The van der Waals surface area contributed by atoms with Gasteiger partial charge >= 0.3 is 6.18 Å². The average molecular weight is 391 g/mol. The second-order valence-electron chi connectivity index (χ2n) is 5.81.